The number of hydrogen-bond donors (Lipinski definition) is 0. The van der Waals surface area contributed by atoms with Crippen LogP contribution < -0.4 is 4.90 Å². The van der Waals surface area contributed by atoms with E-state index in [1.54, 1.807) is 0 Å². The summed E-state index contributed by atoms with van der Waals surface area (Å²) in [5.74, 6) is 0. The van der Waals surface area contributed by atoms with Crippen molar-refractivity contribution < 1.29 is 4.42 Å². The standard InChI is InChI=1S/C54H37NO/c1-54(39-21-6-3-7-22-39)47-27-13-10-24-42(47)43-32-31-40(35-48(43)54)55(49-28-14-11-23-41(49)36-17-4-2-5-18-36)50-29-15-12-25-44(50)45-26-16-30-51-53(45)46-33-37-19-8-9-20-38(37)34-52(46)56-51/h2-35H,1H3. The Morgan fingerprint density at radius 3 is 1.79 bits per heavy atom. The van der Waals surface area contributed by atoms with E-state index in [9.17, 15) is 0 Å². The Morgan fingerprint density at radius 1 is 0.411 bits per heavy atom. The Balaban J connectivity index is 1.19. The van der Waals surface area contributed by atoms with Gasteiger partial charge in [-0.1, -0.05) is 164 Å². The molecule has 0 fully saturated rings. The molecule has 1 aliphatic carbocycles. The van der Waals surface area contributed by atoms with Gasteiger partial charge in [0.2, 0.25) is 0 Å². The molecule has 0 aliphatic heterocycles. The molecule has 2 nitrogen and oxygen atoms in total. The number of nitrogens with zero attached hydrogens (tertiary/aromatic N) is 1. The van der Waals surface area contributed by atoms with Crippen molar-refractivity contribution in [2.24, 2.45) is 0 Å². The average Bonchev–Trinajstić information content (AvgIpc) is 3.76. The summed E-state index contributed by atoms with van der Waals surface area (Å²) in [5, 5.41) is 4.61. The highest BCUT2D eigenvalue weighted by Gasteiger charge is 2.41. The molecule has 9 aromatic carbocycles. The molecule has 0 spiro atoms. The first-order valence-corrected chi connectivity index (χ1v) is 19.3. The van der Waals surface area contributed by atoms with E-state index in [1.807, 2.05) is 0 Å². The summed E-state index contributed by atoms with van der Waals surface area (Å²) >= 11 is 0. The first-order valence-electron chi connectivity index (χ1n) is 19.3. The van der Waals surface area contributed by atoms with Crippen molar-refractivity contribution in [3.63, 3.8) is 0 Å². The highest BCUT2D eigenvalue weighted by atomic mass is 16.3. The van der Waals surface area contributed by atoms with Crippen molar-refractivity contribution >= 4 is 49.8 Å². The lowest BCUT2D eigenvalue weighted by molar-refractivity contribution is 0.669. The van der Waals surface area contributed by atoms with Gasteiger partial charge in [-0.25, -0.2) is 0 Å². The highest BCUT2D eigenvalue weighted by Crippen LogP contribution is 2.55. The summed E-state index contributed by atoms with van der Waals surface area (Å²) in [4.78, 5) is 2.48. The molecule has 11 rings (SSSR count). The molecule has 1 aliphatic rings. The SMILES string of the molecule is CC1(c2ccccc2)c2ccccc2-c2ccc(N(c3ccccc3-c3ccccc3)c3ccccc3-c3cccc4oc5cc6ccccc6cc5c34)cc21. The van der Waals surface area contributed by atoms with E-state index in [-0.39, 0.29) is 5.41 Å². The quantitative estimate of drug-likeness (QED) is 0.170. The molecule has 0 amide bonds. The van der Waals surface area contributed by atoms with E-state index in [2.05, 4.69) is 218 Å². The summed E-state index contributed by atoms with van der Waals surface area (Å²) in [7, 11) is 0. The van der Waals surface area contributed by atoms with Crippen LogP contribution in [-0.2, 0) is 5.41 Å². The van der Waals surface area contributed by atoms with E-state index >= 15 is 0 Å². The lowest BCUT2D eigenvalue weighted by Crippen LogP contribution is -2.23. The third-order valence-corrected chi connectivity index (χ3v) is 11.9. The van der Waals surface area contributed by atoms with Crippen molar-refractivity contribution in [3.8, 4) is 33.4 Å². The van der Waals surface area contributed by atoms with Gasteiger partial charge >= 0.3 is 0 Å². The van der Waals surface area contributed by atoms with Gasteiger partial charge in [0.05, 0.1) is 11.4 Å². The molecule has 1 aromatic heterocycles. The van der Waals surface area contributed by atoms with E-state index in [1.165, 1.54) is 44.2 Å². The normalized spacial score (nSPS) is 14.6. The van der Waals surface area contributed by atoms with Gasteiger partial charge in [-0.3, -0.25) is 0 Å². The van der Waals surface area contributed by atoms with Crippen molar-refractivity contribution in [2.75, 3.05) is 4.90 Å². The van der Waals surface area contributed by atoms with Gasteiger partial charge in [0, 0.05) is 33.0 Å². The van der Waals surface area contributed by atoms with E-state index in [0.29, 0.717) is 0 Å². The van der Waals surface area contributed by atoms with Gasteiger partial charge in [-0.2, -0.15) is 0 Å². The predicted octanol–water partition coefficient (Wildman–Crippen LogP) is 14.9. The fraction of sp³-hybridized carbons (Fsp3) is 0.0370. The number of fused-ring (bicyclic) bond motifs is 7. The molecule has 56 heavy (non-hydrogen) atoms. The molecule has 1 heterocycles. The second-order valence-corrected chi connectivity index (χ2v) is 15.0. The minimum Gasteiger partial charge on any atom is -0.456 e. The average molecular weight is 716 g/mol. The molecule has 0 saturated carbocycles. The molecule has 2 heteroatoms. The first kappa shape index (κ1) is 32.3. The van der Waals surface area contributed by atoms with Crippen LogP contribution in [0.1, 0.15) is 23.6 Å². The molecule has 264 valence electrons. The maximum Gasteiger partial charge on any atom is 0.136 e. The second-order valence-electron chi connectivity index (χ2n) is 15.0. The number of hydrogen-bond acceptors (Lipinski definition) is 2. The van der Waals surface area contributed by atoms with Crippen molar-refractivity contribution in [2.45, 2.75) is 12.3 Å². The summed E-state index contributed by atoms with van der Waals surface area (Å²) < 4.78 is 6.60. The van der Waals surface area contributed by atoms with Crippen LogP contribution in [0.2, 0.25) is 0 Å². The Kier molecular flexibility index (Phi) is 7.33. The van der Waals surface area contributed by atoms with Crippen LogP contribution in [0.15, 0.2) is 211 Å². The van der Waals surface area contributed by atoms with Crippen molar-refractivity contribution in [1.82, 2.24) is 0 Å². The van der Waals surface area contributed by atoms with Gasteiger partial charge in [0.1, 0.15) is 11.2 Å². The van der Waals surface area contributed by atoms with Crippen LogP contribution in [0.3, 0.4) is 0 Å². The van der Waals surface area contributed by atoms with Crippen molar-refractivity contribution in [3.05, 3.63) is 223 Å². The van der Waals surface area contributed by atoms with E-state index in [4.69, 9.17) is 4.42 Å². The first-order chi connectivity index (χ1) is 27.7. The van der Waals surface area contributed by atoms with Crippen LogP contribution >= 0.6 is 0 Å². The second kappa shape index (κ2) is 12.7. The maximum atomic E-state index is 6.60. The third kappa shape index (κ3) is 4.89. The van der Waals surface area contributed by atoms with Crippen LogP contribution in [-0.4, -0.2) is 0 Å². The lowest BCUT2D eigenvalue weighted by Gasteiger charge is -2.32. The molecule has 0 radical (unpaired) electrons. The molecule has 10 aromatic rings. The molecular formula is C54H37NO. The third-order valence-electron chi connectivity index (χ3n) is 11.9. The minimum atomic E-state index is -0.336. The zero-order valence-corrected chi connectivity index (χ0v) is 31.0. The van der Waals surface area contributed by atoms with Crippen LogP contribution in [0.25, 0.3) is 66.1 Å². The fourth-order valence-electron chi connectivity index (χ4n) is 9.27. The minimum absolute atomic E-state index is 0.336. The number of rotatable bonds is 6. The van der Waals surface area contributed by atoms with Gasteiger partial charge in [0.25, 0.3) is 0 Å². The largest absolute Gasteiger partial charge is 0.456 e. The Bertz CT molecular complexity index is 3100. The van der Waals surface area contributed by atoms with Crippen LogP contribution in [0.4, 0.5) is 17.1 Å². The summed E-state index contributed by atoms with van der Waals surface area (Å²) in [6.45, 7) is 2.39. The van der Waals surface area contributed by atoms with E-state index < -0.39 is 0 Å². The predicted molar refractivity (Wildman–Crippen MR) is 234 cm³/mol. The number of anilines is 3. The topological polar surface area (TPSA) is 16.4 Å². The number of benzene rings is 9. The van der Waals surface area contributed by atoms with Gasteiger partial charge in [-0.05, 0) is 99.1 Å². The molecular weight excluding hydrogens is 679 g/mol. The smallest absolute Gasteiger partial charge is 0.136 e. The number of furan rings is 1. The maximum absolute atomic E-state index is 6.60. The van der Waals surface area contributed by atoms with Crippen LogP contribution in [0, 0.1) is 0 Å². The zero-order valence-electron chi connectivity index (χ0n) is 31.0. The molecule has 1 atom stereocenters. The monoisotopic (exact) mass is 715 g/mol. The summed E-state index contributed by atoms with van der Waals surface area (Å²) in [6, 6.07) is 74.8. The van der Waals surface area contributed by atoms with E-state index in [0.717, 1.165) is 55.7 Å². The zero-order chi connectivity index (χ0) is 37.2. The number of para-hydroxylation sites is 2. The summed E-state index contributed by atoms with van der Waals surface area (Å²) in [6.07, 6.45) is 0. The Labute approximate surface area is 326 Å². The summed E-state index contributed by atoms with van der Waals surface area (Å²) in [5.41, 5.74) is 15.8. The molecule has 0 bridgehead atoms. The molecule has 0 N–H and O–H groups in total. The van der Waals surface area contributed by atoms with Gasteiger partial charge in [0.15, 0.2) is 0 Å². The highest BCUT2D eigenvalue weighted by molar-refractivity contribution is 6.16. The van der Waals surface area contributed by atoms with Gasteiger partial charge in [-0.15, -0.1) is 0 Å². The van der Waals surface area contributed by atoms with Gasteiger partial charge < -0.3 is 9.32 Å². The van der Waals surface area contributed by atoms with Crippen molar-refractivity contribution in [1.29, 1.82) is 0 Å². The molecule has 1 unspecified atom stereocenters. The Hall–Kier alpha value is -7.16. The molecule has 0 saturated heterocycles. The fourth-order valence-corrected chi connectivity index (χ4v) is 9.27. The van der Waals surface area contributed by atoms with Crippen LogP contribution in [0.5, 0.6) is 0 Å². The Morgan fingerprint density at radius 2 is 1.00 bits per heavy atom. The lowest BCUT2D eigenvalue weighted by atomic mass is 9.74.